The lowest BCUT2D eigenvalue weighted by molar-refractivity contribution is 0.0928. The Balaban J connectivity index is 2.08. The van der Waals surface area contributed by atoms with E-state index in [1.165, 1.54) is 0 Å². The number of halogens is 1. The van der Waals surface area contributed by atoms with Gasteiger partial charge in [-0.05, 0) is 26.1 Å². The van der Waals surface area contributed by atoms with Crippen molar-refractivity contribution in [3.63, 3.8) is 0 Å². The average Bonchev–Trinajstić information content (AvgIpc) is 2.35. The second-order valence-corrected chi connectivity index (χ2v) is 5.26. The second-order valence-electron chi connectivity index (χ2n) is 4.85. The third-order valence-corrected chi connectivity index (χ3v) is 3.73. The minimum atomic E-state index is 0.510. The zero-order valence-electron chi connectivity index (χ0n) is 10.9. The van der Waals surface area contributed by atoms with E-state index in [2.05, 4.69) is 34.2 Å². The molecule has 0 radical (unpaired) electrons. The predicted molar refractivity (Wildman–Crippen MR) is 74.4 cm³/mol. The van der Waals surface area contributed by atoms with Crippen LogP contribution in [0.3, 0.4) is 0 Å². The van der Waals surface area contributed by atoms with Crippen molar-refractivity contribution in [2.45, 2.75) is 19.5 Å². The van der Waals surface area contributed by atoms with Crippen LogP contribution in [0.25, 0.3) is 0 Å². The highest BCUT2D eigenvalue weighted by atomic mass is 35.5. The Morgan fingerprint density at radius 1 is 1.50 bits per heavy atom. The Kier molecular flexibility index (Phi) is 4.40. The SMILES string of the molecule is CC1CN(C)CCN1Cc1nc(NN)ccc1Cl. The first kappa shape index (κ1) is 13.5. The maximum absolute atomic E-state index is 6.18. The molecule has 1 aromatic heterocycles. The summed E-state index contributed by atoms with van der Waals surface area (Å²) in [6.45, 7) is 6.19. The van der Waals surface area contributed by atoms with Gasteiger partial charge in [0.05, 0.1) is 10.7 Å². The average molecular weight is 270 g/mol. The summed E-state index contributed by atoms with van der Waals surface area (Å²) in [6.07, 6.45) is 0. The van der Waals surface area contributed by atoms with Gasteiger partial charge in [-0.3, -0.25) is 4.90 Å². The quantitative estimate of drug-likeness (QED) is 0.637. The maximum Gasteiger partial charge on any atom is 0.140 e. The van der Waals surface area contributed by atoms with Crippen molar-refractivity contribution in [2.75, 3.05) is 32.1 Å². The van der Waals surface area contributed by atoms with Crippen LogP contribution in [0.5, 0.6) is 0 Å². The van der Waals surface area contributed by atoms with Crippen molar-refractivity contribution in [3.8, 4) is 0 Å². The number of hydrogen-bond acceptors (Lipinski definition) is 5. The van der Waals surface area contributed by atoms with Crippen LogP contribution in [0.1, 0.15) is 12.6 Å². The number of likely N-dealkylation sites (N-methyl/N-ethyl adjacent to an activating group) is 1. The summed E-state index contributed by atoms with van der Waals surface area (Å²) < 4.78 is 0. The van der Waals surface area contributed by atoms with Gasteiger partial charge in [0.1, 0.15) is 5.82 Å². The minimum Gasteiger partial charge on any atom is -0.308 e. The topological polar surface area (TPSA) is 57.4 Å². The lowest BCUT2D eigenvalue weighted by Crippen LogP contribution is -2.49. The Bertz CT molecular complexity index is 411. The number of piperazine rings is 1. The number of anilines is 1. The second kappa shape index (κ2) is 5.84. The summed E-state index contributed by atoms with van der Waals surface area (Å²) >= 11 is 6.18. The van der Waals surface area contributed by atoms with E-state index in [0.29, 0.717) is 16.9 Å². The van der Waals surface area contributed by atoms with Crippen LogP contribution < -0.4 is 11.3 Å². The molecule has 3 N–H and O–H groups in total. The molecule has 0 aromatic carbocycles. The molecule has 1 saturated heterocycles. The Morgan fingerprint density at radius 3 is 2.94 bits per heavy atom. The van der Waals surface area contributed by atoms with Crippen LogP contribution in [0.15, 0.2) is 12.1 Å². The molecule has 2 rings (SSSR count). The van der Waals surface area contributed by atoms with Crippen LogP contribution in [0, 0.1) is 0 Å². The highest BCUT2D eigenvalue weighted by Gasteiger charge is 2.22. The first-order valence-corrected chi connectivity index (χ1v) is 6.52. The number of nitrogens with one attached hydrogen (secondary N) is 1. The smallest absolute Gasteiger partial charge is 0.140 e. The van der Waals surface area contributed by atoms with Crippen LogP contribution >= 0.6 is 11.6 Å². The van der Waals surface area contributed by atoms with Crippen LogP contribution in [0.4, 0.5) is 5.82 Å². The van der Waals surface area contributed by atoms with Gasteiger partial charge in [-0.15, -0.1) is 0 Å². The number of nitrogens with two attached hydrogens (primary N) is 1. The van der Waals surface area contributed by atoms with Gasteiger partial charge in [-0.2, -0.15) is 0 Å². The monoisotopic (exact) mass is 269 g/mol. The van der Waals surface area contributed by atoms with Crippen LogP contribution in [-0.4, -0.2) is 47.5 Å². The summed E-state index contributed by atoms with van der Waals surface area (Å²) in [5.74, 6) is 6.02. The molecule has 0 amide bonds. The Morgan fingerprint density at radius 2 is 2.28 bits per heavy atom. The number of nitrogen functional groups attached to an aromatic ring is 1. The fraction of sp³-hybridized carbons (Fsp3) is 0.583. The predicted octanol–water partition coefficient (Wildman–Crippen LogP) is 1.16. The molecule has 0 saturated carbocycles. The van der Waals surface area contributed by atoms with Crippen molar-refractivity contribution >= 4 is 17.4 Å². The molecule has 1 aromatic rings. The van der Waals surface area contributed by atoms with Crippen molar-refractivity contribution in [1.82, 2.24) is 14.8 Å². The van der Waals surface area contributed by atoms with Gasteiger partial charge in [0, 0.05) is 32.2 Å². The molecule has 100 valence electrons. The Labute approximate surface area is 113 Å². The molecule has 2 heterocycles. The molecule has 18 heavy (non-hydrogen) atoms. The fourth-order valence-electron chi connectivity index (χ4n) is 2.28. The summed E-state index contributed by atoms with van der Waals surface area (Å²) in [5, 5.41) is 0.695. The minimum absolute atomic E-state index is 0.510. The van der Waals surface area contributed by atoms with E-state index in [1.54, 1.807) is 6.07 Å². The first-order valence-electron chi connectivity index (χ1n) is 6.15. The van der Waals surface area contributed by atoms with Crippen molar-refractivity contribution in [2.24, 2.45) is 5.84 Å². The highest BCUT2D eigenvalue weighted by molar-refractivity contribution is 6.31. The van der Waals surface area contributed by atoms with E-state index in [1.807, 2.05) is 6.07 Å². The number of rotatable bonds is 3. The molecule has 6 heteroatoms. The molecule has 1 aliphatic heterocycles. The summed E-state index contributed by atoms with van der Waals surface area (Å²) in [4.78, 5) is 9.15. The number of hydrogen-bond donors (Lipinski definition) is 2. The van der Waals surface area contributed by atoms with E-state index in [4.69, 9.17) is 17.4 Å². The lowest BCUT2D eigenvalue weighted by Gasteiger charge is -2.38. The van der Waals surface area contributed by atoms with Gasteiger partial charge in [-0.25, -0.2) is 10.8 Å². The zero-order valence-corrected chi connectivity index (χ0v) is 11.6. The molecule has 1 aliphatic rings. The largest absolute Gasteiger partial charge is 0.308 e. The number of aromatic nitrogens is 1. The standard InChI is InChI=1S/C12H20ClN5/c1-9-7-17(2)5-6-18(9)8-11-10(13)3-4-12(15-11)16-14/h3-4,9H,5-8,14H2,1-2H3,(H,15,16). The molecule has 1 atom stereocenters. The number of hydrazine groups is 1. The molecule has 5 nitrogen and oxygen atoms in total. The maximum atomic E-state index is 6.18. The van der Waals surface area contributed by atoms with Crippen molar-refractivity contribution < 1.29 is 0 Å². The normalized spacial score (nSPS) is 22.1. The molecule has 0 aliphatic carbocycles. The van der Waals surface area contributed by atoms with Gasteiger partial charge >= 0.3 is 0 Å². The van der Waals surface area contributed by atoms with Crippen LogP contribution in [-0.2, 0) is 6.54 Å². The highest BCUT2D eigenvalue weighted by Crippen LogP contribution is 2.20. The van der Waals surface area contributed by atoms with Gasteiger partial charge in [0.15, 0.2) is 0 Å². The van der Waals surface area contributed by atoms with Crippen LogP contribution in [0.2, 0.25) is 5.02 Å². The van der Waals surface area contributed by atoms with Crippen molar-refractivity contribution in [3.05, 3.63) is 22.8 Å². The number of pyridine rings is 1. The van der Waals surface area contributed by atoms with E-state index in [0.717, 1.165) is 31.9 Å². The Hall–Kier alpha value is -0.880. The van der Waals surface area contributed by atoms with E-state index in [9.17, 15) is 0 Å². The van der Waals surface area contributed by atoms with Gasteiger partial charge < -0.3 is 10.3 Å². The van der Waals surface area contributed by atoms with E-state index >= 15 is 0 Å². The molecule has 0 spiro atoms. The zero-order chi connectivity index (χ0) is 13.1. The number of nitrogens with zero attached hydrogens (tertiary/aromatic N) is 3. The molecular formula is C12H20ClN5. The first-order chi connectivity index (χ1) is 8.60. The summed E-state index contributed by atoms with van der Waals surface area (Å²) in [5.41, 5.74) is 3.43. The molecule has 1 unspecified atom stereocenters. The third-order valence-electron chi connectivity index (χ3n) is 3.39. The van der Waals surface area contributed by atoms with Gasteiger partial charge in [0.25, 0.3) is 0 Å². The lowest BCUT2D eigenvalue weighted by atomic mass is 10.2. The van der Waals surface area contributed by atoms with Gasteiger partial charge in [-0.1, -0.05) is 11.6 Å². The van der Waals surface area contributed by atoms with E-state index < -0.39 is 0 Å². The van der Waals surface area contributed by atoms with E-state index in [-0.39, 0.29) is 0 Å². The molecular weight excluding hydrogens is 250 g/mol. The molecule has 0 bridgehead atoms. The fourth-order valence-corrected chi connectivity index (χ4v) is 2.45. The van der Waals surface area contributed by atoms with Crippen molar-refractivity contribution in [1.29, 1.82) is 0 Å². The third kappa shape index (κ3) is 3.11. The van der Waals surface area contributed by atoms with Gasteiger partial charge in [0.2, 0.25) is 0 Å². The summed E-state index contributed by atoms with van der Waals surface area (Å²) in [6, 6.07) is 4.12. The summed E-state index contributed by atoms with van der Waals surface area (Å²) in [7, 11) is 2.15. The molecule has 1 fully saturated rings.